The van der Waals surface area contributed by atoms with Gasteiger partial charge < -0.3 is 15.2 Å². The number of carboxylic acids is 1. The van der Waals surface area contributed by atoms with Crippen LogP contribution >= 0.6 is 0 Å². The Kier molecular flexibility index (Phi) is 4.54. The van der Waals surface area contributed by atoms with Gasteiger partial charge in [0.2, 0.25) is 0 Å². The normalized spacial score (nSPS) is 22.2. The first kappa shape index (κ1) is 14.7. The second-order valence-corrected chi connectivity index (χ2v) is 5.46. The first-order chi connectivity index (χ1) is 9.49. The van der Waals surface area contributed by atoms with E-state index >= 15 is 0 Å². The van der Waals surface area contributed by atoms with Crippen molar-refractivity contribution < 1.29 is 14.6 Å². The van der Waals surface area contributed by atoms with Crippen LogP contribution in [0.2, 0.25) is 0 Å². The lowest BCUT2D eigenvalue weighted by atomic mass is 10.0. The third-order valence-electron chi connectivity index (χ3n) is 3.61. The van der Waals surface area contributed by atoms with Gasteiger partial charge in [0.25, 0.3) is 0 Å². The maximum Gasteiger partial charge on any atom is 0.356 e. The average Bonchev–Trinajstić information content (AvgIpc) is 2.81. The maximum atomic E-state index is 11.3. The summed E-state index contributed by atoms with van der Waals surface area (Å²) >= 11 is 0. The van der Waals surface area contributed by atoms with Gasteiger partial charge in [-0.2, -0.15) is 0 Å². The van der Waals surface area contributed by atoms with E-state index in [1.165, 1.54) is 0 Å². The van der Waals surface area contributed by atoms with Gasteiger partial charge >= 0.3 is 5.97 Å². The molecule has 6 nitrogen and oxygen atoms in total. The highest BCUT2D eigenvalue weighted by molar-refractivity contribution is 5.91. The number of hydrogen-bond donors (Lipinski definition) is 2. The van der Waals surface area contributed by atoms with Crippen LogP contribution in [0.4, 0.5) is 5.69 Å². The van der Waals surface area contributed by atoms with Crippen molar-refractivity contribution in [3.8, 4) is 0 Å². The summed E-state index contributed by atoms with van der Waals surface area (Å²) in [6.07, 6.45) is 2.75. The molecular formula is C14H21N3O3. The number of nitrogens with zero attached hydrogens (tertiary/aromatic N) is 2. The van der Waals surface area contributed by atoms with Crippen molar-refractivity contribution >= 4 is 11.7 Å². The highest BCUT2D eigenvalue weighted by Crippen LogP contribution is 2.22. The molecule has 0 aliphatic carbocycles. The van der Waals surface area contributed by atoms with Crippen LogP contribution in [-0.2, 0) is 4.74 Å². The molecule has 0 spiro atoms. The predicted molar refractivity (Wildman–Crippen MR) is 75.1 cm³/mol. The average molecular weight is 279 g/mol. The number of carbonyl (C=O) groups is 1. The molecule has 0 saturated carbocycles. The first-order valence-corrected chi connectivity index (χ1v) is 6.94. The molecule has 0 amide bonds. The minimum absolute atomic E-state index is 0.0373. The summed E-state index contributed by atoms with van der Waals surface area (Å²) in [4.78, 5) is 19.7. The van der Waals surface area contributed by atoms with Gasteiger partial charge in [0.05, 0.1) is 18.0 Å². The van der Waals surface area contributed by atoms with Crippen LogP contribution < -0.4 is 5.32 Å². The fourth-order valence-electron chi connectivity index (χ4n) is 2.25. The van der Waals surface area contributed by atoms with Gasteiger partial charge in [-0.05, 0) is 13.3 Å². The van der Waals surface area contributed by atoms with E-state index in [2.05, 4.69) is 15.3 Å². The third-order valence-corrected chi connectivity index (χ3v) is 3.61. The SMILES string of the molecule is CC(C)c1ncc(NCC2CCOC2C)c(C(=O)O)n1. The lowest BCUT2D eigenvalue weighted by molar-refractivity contribution is 0.0691. The van der Waals surface area contributed by atoms with E-state index in [0.29, 0.717) is 24.0 Å². The fourth-order valence-corrected chi connectivity index (χ4v) is 2.25. The molecule has 0 radical (unpaired) electrons. The standard InChI is InChI=1S/C14H21N3O3/c1-8(2)13-16-7-11(12(17-13)14(18)19)15-6-10-4-5-20-9(10)3/h7-10,15H,4-6H2,1-3H3,(H,18,19). The zero-order valence-electron chi connectivity index (χ0n) is 12.1. The van der Waals surface area contributed by atoms with Crippen molar-refractivity contribution in [3.63, 3.8) is 0 Å². The molecular weight excluding hydrogens is 258 g/mol. The molecule has 1 aliphatic heterocycles. The highest BCUT2D eigenvalue weighted by atomic mass is 16.5. The second-order valence-electron chi connectivity index (χ2n) is 5.46. The minimum atomic E-state index is -1.03. The van der Waals surface area contributed by atoms with E-state index in [1.54, 1.807) is 6.20 Å². The number of anilines is 1. The molecule has 2 N–H and O–H groups in total. The van der Waals surface area contributed by atoms with E-state index < -0.39 is 5.97 Å². The van der Waals surface area contributed by atoms with Crippen LogP contribution in [0.25, 0.3) is 0 Å². The van der Waals surface area contributed by atoms with Crippen molar-refractivity contribution in [1.82, 2.24) is 9.97 Å². The molecule has 6 heteroatoms. The maximum absolute atomic E-state index is 11.3. The van der Waals surface area contributed by atoms with Crippen LogP contribution in [0.15, 0.2) is 6.20 Å². The van der Waals surface area contributed by atoms with Crippen LogP contribution in [0.1, 0.15) is 49.4 Å². The molecule has 0 aromatic carbocycles. The molecule has 1 aromatic rings. The topological polar surface area (TPSA) is 84.3 Å². The molecule has 110 valence electrons. The number of ether oxygens (including phenoxy) is 1. The monoisotopic (exact) mass is 279 g/mol. The van der Waals surface area contributed by atoms with Gasteiger partial charge in [-0.1, -0.05) is 13.8 Å². The number of hydrogen-bond acceptors (Lipinski definition) is 5. The largest absolute Gasteiger partial charge is 0.476 e. The van der Waals surface area contributed by atoms with Gasteiger partial charge in [0, 0.05) is 25.0 Å². The Morgan fingerprint density at radius 3 is 2.90 bits per heavy atom. The molecule has 2 atom stereocenters. The van der Waals surface area contributed by atoms with Crippen molar-refractivity contribution in [2.24, 2.45) is 5.92 Å². The summed E-state index contributed by atoms with van der Waals surface area (Å²) in [6.45, 7) is 7.35. The smallest absolute Gasteiger partial charge is 0.356 e. The van der Waals surface area contributed by atoms with E-state index in [4.69, 9.17) is 4.74 Å². The van der Waals surface area contributed by atoms with Crippen molar-refractivity contribution in [1.29, 1.82) is 0 Å². The van der Waals surface area contributed by atoms with Crippen molar-refractivity contribution in [3.05, 3.63) is 17.7 Å². The van der Waals surface area contributed by atoms with Crippen molar-refractivity contribution in [2.45, 2.75) is 39.2 Å². The van der Waals surface area contributed by atoms with E-state index in [1.807, 2.05) is 20.8 Å². The molecule has 1 aromatic heterocycles. The van der Waals surface area contributed by atoms with Gasteiger partial charge in [0.15, 0.2) is 5.69 Å². The zero-order chi connectivity index (χ0) is 14.7. The second kappa shape index (κ2) is 6.17. The lowest BCUT2D eigenvalue weighted by Crippen LogP contribution is -2.22. The summed E-state index contributed by atoms with van der Waals surface area (Å²) < 4.78 is 5.49. The van der Waals surface area contributed by atoms with Crippen LogP contribution in [-0.4, -0.2) is 40.3 Å². The number of aromatic carboxylic acids is 1. The highest BCUT2D eigenvalue weighted by Gasteiger charge is 2.24. The molecule has 2 unspecified atom stereocenters. The Morgan fingerprint density at radius 2 is 2.35 bits per heavy atom. The van der Waals surface area contributed by atoms with Gasteiger partial charge in [-0.25, -0.2) is 14.8 Å². The molecule has 1 saturated heterocycles. The summed E-state index contributed by atoms with van der Waals surface area (Å²) in [7, 11) is 0. The molecule has 2 rings (SSSR count). The van der Waals surface area contributed by atoms with Crippen molar-refractivity contribution in [2.75, 3.05) is 18.5 Å². The molecule has 0 bridgehead atoms. The van der Waals surface area contributed by atoms with Gasteiger partial charge in [0.1, 0.15) is 5.82 Å². The zero-order valence-corrected chi connectivity index (χ0v) is 12.1. The first-order valence-electron chi connectivity index (χ1n) is 6.94. The van der Waals surface area contributed by atoms with E-state index in [0.717, 1.165) is 13.0 Å². The van der Waals surface area contributed by atoms with Crippen LogP contribution in [0, 0.1) is 5.92 Å². The van der Waals surface area contributed by atoms with Crippen LogP contribution in [0.3, 0.4) is 0 Å². The Bertz CT molecular complexity index is 491. The Balaban J connectivity index is 2.12. The Hall–Kier alpha value is -1.69. The molecule has 1 aliphatic rings. The molecule has 2 heterocycles. The molecule has 20 heavy (non-hydrogen) atoms. The van der Waals surface area contributed by atoms with E-state index in [-0.39, 0.29) is 17.7 Å². The van der Waals surface area contributed by atoms with E-state index in [9.17, 15) is 9.90 Å². The fraction of sp³-hybridized carbons (Fsp3) is 0.643. The minimum Gasteiger partial charge on any atom is -0.476 e. The summed E-state index contributed by atoms with van der Waals surface area (Å²) in [6, 6.07) is 0. The summed E-state index contributed by atoms with van der Waals surface area (Å²) in [5.74, 6) is 0.00450. The van der Waals surface area contributed by atoms with Crippen LogP contribution in [0.5, 0.6) is 0 Å². The Morgan fingerprint density at radius 1 is 1.60 bits per heavy atom. The number of rotatable bonds is 5. The van der Waals surface area contributed by atoms with Gasteiger partial charge in [-0.3, -0.25) is 0 Å². The Labute approximate surface area is 118 Å². The lowest BCUT2D eigenvalue weighted by Gasteiger charge is -2.16. The number of carboxylic acid groups (broad SMARTS) is 1. The predicted octanol–water partition coefficient (Wildman–Crippen LogP) is 2.14. The summed E-state index contributed by atoms with van der Waals surface area (Å²) in [5, 5.41) is 12.4. The summed E-state index contributed by atoms with van der Waals surface area (Å²) in [5.41, 5.74) is 0.510. The quantitative estimate of drug-likeness (QED) is 0.859. The number of aromatic nitrogens is 2. The van der Waals surface area contributed by atoms with Gasteiger partial charge in [-0.15, -0.1) is 0 Å². The number of nitrogens with one attached hydrogen (secondary N) is 1. The third kappa shape index (κ3) is 3.25. The molecule has 1 fully saturated rings.